The summed E-state index contributed by atoms with van der Waals surface area (Å²) in [7, 11) is 0. The van der Waals surface area contributed by atoms with E-state index in [0.717, 1.165) is 25.1 Å². The average molecular weight is 609 g/mol. The molecule has 3 amide bonds. The molecule has 0 bridgehead atoms. The molecular formula is C29H22F7N3O4. The van der Waals surface area contributed by atoms with Crippen LogP contribution in [0.4, 0.5) is 35.5 Å². The number of ether oxygens (including phenoxy) is 1. The number of benzene rings is 2. The first kappa shape index (κ1) is 30.0. The molecule has 1 spiro atoms. The van der Waals surface area contributed by atoms with Crippen LogP contribution in [-0.4, -0.2) is 51.5 Å². The molecule has 1 aliphatic heterocycles. The lowest BCUT2D eigenvalue weighted by Gasteiger charge is -2.31. The van der Waals surface area contributed by atoms with E-state index in [0.29, 0.717) is 27.1 Å². The van der Waals surface area contributed by atoms with E-state index in [-0.39, 0.29) is 29.5 Å². The van der Waals surface area contributed by atoms with Gasteiger partial charge in [-0.15, -0.1) is 0 Å². The highest BCUT2D eigenvalue weighted by atomic mass is 19.4. The second kappa shape index (κ2) is 10.7. The average Bonchev–Trinajstić information content (AvgIpc) is 3.43. The van der Waals surface area contributed by atoms with Gasteiger partial charge in [-0.1, -0.05) is 30.3 Å². The normalized spacial score (nSPS) is 19.0. The Kier molecular flexibility index (Phi) is 7.43. The van der Waals surface area contributed by atoms with Gasteiger partial charge in [0.2, 0.25) is 11.5 Å². The van der Waals surface area contributed by atoms with Crippen LogP contribution in [-0.2, 0) is 39.1 Å². The van der Waals surface area contributed by atoms with Crippen molar-refractivity contribution in [3.05, 3.63) is 89.0 Å². The predicted molar refractivity (Wildman–Crippen MR) is 135 cm³/mol. The number of hydrogen-bond acceptors (Lipinski definition) is 5. The third-order valence-corrected chi connectivity index (χ3v) is 7.58. The lowest BCUT2D eigenvalue weighted by atomic mass is 9.93. The molecule has 43 heavy (non-hydrogen) atoms. The van der Waals surface area contributed by atoms with Crippen LogP contribution >= 0.6 is 0 Å². The van der Waals surface area contributed by atoms with Gasteiger partial charge in [-0.2, -0.15) is 26.3 Å². The largest absolute Gasteiger partial charge is 0.427 e. The van der Waals surface area contributed by atoms with Crippen molar-refractivity contribution in [2.75, 3.05) is 6.54 Å². The van der Waals surface area contributed by atoms with E-state index in [1.165, 1.54) is 30.5 Å². The van der Waals surface area contributed by atoms with Gasteiger partial charge < -0.3 is 9.64 Å². The number of rotatable bonds is 6. The predicted octanol–water partition coefficient (Wildman–Crippen LogP) is 6.01. The Morgan fingerprint density at radius 2 is 1.72 bits per heavy atom. The summed E-state index contributed by atoms with van der Waals surface area (Å²) < 4.78 is 99.2. The minimum atomic E-state index is -4.84. The Hall–Kier alpha value is -4.49. The zero-order chi connectivity index (χ0) is 31.3. The monoisotopic (exact) mass is 609 g/mol. The highest BCUT2D eigenvalue weighted by molar-refractivity contribution is 6.06. The fourth-order valence-electron chi connectivity index (χ4n) is 5.22. The summed E-state index contributed by atoms with van der Waals surface area (Å²) in [6, 6.07) is 7.50. The number of hydrogen-bond donors (Lipinski definition) is 0. The van der Waals surface area contributed by atoms with Crippen molar-refractivity contribution < 1.29 is 49.9 Å². The lowest BCUT2D eigenvalue weighted by molar-refractivity contribution is -0.187. The van der Waals surface area contributed by atoms with Crippen LogP contribution in [0.25, 0.3) is 11.1 Å². The molecule has 3 aromatic rings. The van der Waals surface area contributed by atoms with Crippen LogP contribution in [0.2, 0.25) is 0 Å². The molecule has 0 saturated carbocycles. The van der Waals surface area contributed by atoms with Gasteiger partial charge in [-0.25, -0.2) is 14.1 Å². The van der Waals surface area contributed by atoms with E-state index >= 15 is 0 Å². The molecule has 7 nitrogen and oxygen atoms in total. The van der Waals surface area contributed by atoms with E-state index in [2.05, 4.69) is 4.98 Å². The quantitative estimate of drug-likeness (QED) is 0.320. The van der Waals surface area contributed by atoms with Gasteiger partial charge in [0.05, 0.1) is 5.56 Å². The van der Waals surface area contributed by atoms with Gasteiger partial charge in [0.25, 0.3) is 5.91 Å². The maximum absolute atomic E-state index is 13.6. The summed E-state index contributed by atoms with van der Waals surface area (Å²) in [5.74, 6) is -2.77. The fourth-order valence-corrected chi connectivity index (χ4v) is 5.22. The number of carbonyl (C=O) groups is 3. The Labute approximate surface area is 239 Å². The molecule has 2 aromatic carbocycles. The molecule has 2 heterocycles. The van der Waals surface area contributed by atoms with Crippen molar-refractivity contribution in [3.8, 4) is 11.1 Å². The molecule has 14 heteroatoms. The number of alkyl halides is 6. The summed E-state index contributed by atoms with van der Waals surface area (Å²) in [5.41, 5.74) is -1.29. The molecule has 0 unspecified atom stereocenters. The highest BCUT2D eigenvalue weighted by Gasteiger charge is 2.58. The molecule has 2 atom stereocenters. The molecule has 1 fully saturated rings. The van der Waals surface area contributed by atoms with Crippen LogP contribution in [0.3, 0.4) is 0 Å². The maximum atomic E-state index is 13.6. The van der Waals surface area contributed by atoms with Gasteiger partial charge in [-0.05, 0) is 48.2 Å². The van der Waals surface area contributed by atoms with Crippen LogP contribution in [0.5, 0.6) is 0 Å². The molecule has 0 N–H and O–H groups in total. The van der Waals surface area contributed by atoms with E-state index in [9.17, 15) is 45.1 Å². The third kappa shape index (κ3) is 5.65. The third-order valence-electron chi connectivity index (χ3n) is 7.58. The van der Waals surface area contributed by atoms with Gasteiger partial charge in [-0.3, -0.25) is 14.6 Å². The van der Waals surface area contributed by atoms with Crippen molar-refractivity contribution >= 4 is 17.9 Å². The standard InChI is InChI=1S/C29H22F7N3O4/c1-16(28(31,32)33)38(14-17-2-5-22(30)6-3-17)24(40)15-39-25(41)27(43-26(39)42)9-8-19-10-18(4-7-23(19)27)20-11-21(13-37-12-20)29(34,35)36/h2-7,10-13,16H,8-9,14-15H2,1H3/t16-,27+/m0/s1. The Morgan fingerprint density at radius 1 is 1.02 bits per heavy atom. The van der Waals surface area contributed by atoms with Crippen LogP contribution in [0.1, 0.15) is 35.6 Å². The molecular weight excluding hydrogens is 587 g/mol. The molecule has 2 aliphatic rings. The van der Waals surface area contributed by atoms with Gasteiger partial charge in [0, 0.05) is 36.5 Å². The van der Waals surface area contributed by atoms with Crippen molar-refractivity contribution in [2.24, 2.45) is 0 Å². The maximum Gasteiger partial charge on any atom is 0.418 e. The second-order valence-electron chi connectivity index (χ2n) is 10.3. The minimum absolute atomic E-state index is 0.0415. The van der Waals surface area contributed by atoms with Crippen molar-refractivity contribution in [2.45, 2.75) is 50.3 Å². The number of imide groups is 1. The lowest BCUT2D eigenvalue weighted by Crippen LogP contribution is -2.51. The number of carbonyl (C=O) groups excluding carboxylic acids is 3. The van der Waals surface area contributed by atoms with Gasteiger partial charge in [0.1, 0.15) is 18.4 Å². The SMILES string of the molecule is C[C@H](N(Cc1ccc(F)cc1)C(=O)CN1C(=O)O[C@@]2(CCc3cc(-c4cncc(C(F)(F)F)c4)ccc32)C1=O)C(F)(F)F. The Balaban J connectivity index is 1.39. The fraction of sp³-hybridized carbons (Fsp3) is 0.310. The van der Waals surface area contributed by atoms with E-state index in [1.807, 2.05) is 0 Å². The smallest absolute Gasteiger partial charge is 0.418 e. The van der Waals surface area contributed by atoms with Crippen LogP contribution < -0.4 is 0 Å². The Morgan fingerprint density at radius 3 is 2.37 bits per heavy atom. The molecule has 226 valence electrons. The first-order chi connectivity index (χ1) is 20.1. The van der Waals surface area contributed by atoms with Crippen molar-refractivity contribution in [1.82, 2.24) is 14.8 Å². The topological polar surface area (TPSA) is 79.8 Å². The molecule has 1 aromatic heterocycles. The number of pyridine rings is 1. The number of amides is 3. The van der Waals surface area contributed by atoms with Crippen LogP contribution in [0, 0.1) is 5.82 Å². The number of halogens is 7. The first-order valence-electron chi connectivity index (χ1n) is 12.9. The summed E-state index contributed by atoms with van der Waals surface area (Å²) in [4.78, 5) is 44.1. The molecule has 5 rings (SSSR count). The summed E-state index contributed by atoms with van der Waals surface area (Å²) in [6.45, 7) is -0.861. The van der Waals surface area contributed by atoms with Crippen molar-refractivity contribution in [3.63, 3.8) is 0 Å². The summed E-state index contributed by atoms with van der Waals surface area (Å²) >= 11 is 0. The van der Waals surface area contributed by atoms with E-state index in [1.54, 1.807) is 6.07 Å². The molecule has 0 radical (unpaired) electrons. The number of nitrogens with zero attached hydrogens (tertiary/aromatic N) is 3. The van der Waals surface area contributed by atoms with Gasteiger partial charge >= 0.3 is 18.4 Å². The second-order valence-corrected chi connectivity index (χ2v) is 10.3. The van der Waals surface area contributed by atoms with Gasteiger partial charge in [0.15, 0.2) is 0 Å². The summed E-state index contributed by atoms with van der Waals surface area (Å²) in [5, 5.41) is 0. The van der Waals surface area contributed by atoms with Crippen molar-refractivity contribution in [1.29, 1.82) is 0 Å². The number of aromatic nitrogens is 1. The zero-order valence-corrected chi connectivity index (χ0v) is 22.3. The number of aryl methyl sites for hydroxylation is 1. The first-order valence-corrected chi connectivity index (χ1v) is 12.9. The molecule has 1 aliphatic carbocycles. The van der Waals surface area contributed by atoms with E-state index in [4.69, 9.17) is 4.74 Å². The van der Waals surface area contributed by atoms with E-state index < -0.39 is 66.4 Å². The molecule has 1 saturated heterocycles. The summed E-state index contributed by atoms with van der Waals surface area (Å²) in [6.07, 6.45) is -8.59. The Bertz CT molecular complexity index is 1590. The highest BCUT2D eigenvalue weighted by Crippen LogP contribution is 2.46. The number of fused-ring (bicyclic) bond motifs is 2. The van der Waals surface area contributed by atoms with Crippen LogP contribution in [0.15, 0.2) is 60.9 Å². The minimum Gasteiger partial charge on any atom is -0.427 e. The zero-order valence-electron chi connectivity index (χ0n) is 22.3.